The van der Waals surface area contributed by atoms with E-state index in [0.717, 1.165) is 25.9 Å². The molecule has 3 heterocycles. The van der Waals surface area contributed by atoms with Gasteiger partial charge in [0.1, 0.15) is 0 Å². The highest BCUT2D eigenvalue weighted by molar-refractivity contribution is 5.91. The van der Waals surface area contributed by atoms with Gasteiger partial charge in [-0.05, 0) is 32.9 Å². The number of furan rings is 1. The zero-order valence-corrected chi connectivity index (χ0v) is 15.3. The maximum Gasteiger partial charge on any atom is 0.289 e. The largest absolute Gasteiger partial charge is 0.465 e. The second-order valence-electron chi connectivity index (χ2n) is 6.99. The first-order valence-electron chi connectivity index (χ1n) is 8.92. The van der Waals surface area contributed by atoms with Crippen LogP contribution in [0.5, 0.6) is 5.95 Å². The Morgan fingerprint density at radius 3 is 2.80 bits per heavy atom. The molecular formula is C18H27N3O4. The van der Waals surface area contributed by atoms with Crippen molar-refractivity contribution in [2.45, 2.75) is 31.7 Å². The number of hydrogen-bond donors (Lipinski definition) is 0. The zero-order chi connectivity index (χ0) is 18.0. The summed E-state index contributed by atoms with van der Waals surface area (Å²) in [7, 11) is 3.95. The van der Waals surface area contributed by atoms with Crippen LogP contribution in [0.1, 0.15) is 36.7 Å². The Balaban J connectivity index is 1.75. The molecule has 25 heavy (non-hydrogen) atoms. The Morgan fingerprint density at radius 2 is 2.04 bits per heavy atom. The molecule has 0 saturated carbocycles. The van der Waals surface area contributed by atoms with E-state index in [0.29, 0.717) is 37.8 Å². The number of hydrogen-bond acceptors (Lipinski definition) is 5. The van der Waals surface area contributed by atoms with Gasteiger partial charge in [0.25, 0.3) is 11.9 Å². The molecule has 2 saturated heterocycles. The third-order valence-corrected chi connectivity index (χ3v) is 5.51. The SMILES string of the molecule is CCOc1ccc(C(=O)N2CCN(C)[C@@]3(CCC(=O)N(C)CC3)C2)o1. The summed E-state index contributed by atoms with van der Waals surface area (Å²) in [5.41, 5.74) is -0.149. The summed E-state index contributed by atoms with van der Waals surface area (Å²) in [6, 6.07) is 3.35. The average Bonchev–Trinajstić information content (AvgIpc) is 3.02. The van der Waals surface area contributed by atoms with Crippen molar-refractivity contribution in [1.82, 2.24) is 14.7 Å². The molecule has 0 N–H and O–H groups in total. The van der Waals surface area contributed by atoms with Gasteiger partial charge >= 0.3 is 0 Å². The highest BCUT2D eigenvalue weighted by Crippen LogP contribution is 2.32. The molecule has 1 spiro atoms. The third-order valence-electron chi connectivity index (χ3n) is 5.51. The van der Waals surface area contributed by atoms with Gasteiger partial charge in [0, 0.05) is 51.3 Å². The molecule has 0 bridgehead atoms. The number of carbonyl (C=O) groups is 2. The Morgan fingerprint density at radius 1 is 1.24 bits per heavy atom. The van der Waals surface area contributed by atoms with E-state index >= 15 is 0 Å². The van der Waals surface area contributed by atoms with E-state index in [9.17, 15) is 9.59 Å². The highest BCUT2D eigenvalue weighted by atomic mass is 16.6. The summed E-state index contributed by atoms with van der Waals surface area (Å²) in [6.45, 7) is 5.17. The second kappa shape index (κ2) is 7.07. The van der Waals surface area contributed by atoms with Crippen LogP contribution in [-0.4, -0.2) is 78.9 Å². The second-order valence-corrected chi connectivity index (χ2v) is 6.99. The molecule has 1 aromatic rings. The van der Waals surface area contributed by atoms with E-state index in [1.807, 2.05) is 18.9 Å². The summed E-state index contributed by atoms with van der Waals surface area (Å²) in [5.74, 6) is 0.754. The number of likely N-dealkylation sites (N-methyl/N-ethyl adjacent to an activating group) is 1. The van der Waals surface area contributed by atoms with Gasteiger partial charge in [-0.1, -0.05) is 0 Å². The van der Waals surface area contributed by atoms with Gasteiger partial charge in [0.15, 0.2) is 5.76 Å². The molecule has 7 nitrogen and oxygen atoms in total. The lowest BCUT2D eigenvalue weighted by Crippen LogP contribution is -2.62. The van der Waals surface area contributed by atoms with Gasteiger partial charge in [-0.3, -0.25) is 14.5 Å². The Bertz CT molecular complexity index is 644. The minimum atomic E-state index is -0.149. The Labute approximate surface area is 148 Å². The minimum absolute atomic E-state index is 0.109. The fraction of sp³-hybridized carbons (Fsp3) is 0.667. The quantitative estimate of drug-likeness (QED) is 0.826. The summed E-state index contributed by atoms with van der Waals surface area (Å²) in [4.78, 5) is 30.9. The van der Waals surface area contributed by atoms with Crippen molar-refractivity contribution in [3.8, 4) is 5.95 Å². The van der Waals surface area contributed by atoms with Gasteiger partial charge in [-0.25, -0.2) is 0 Å². The van der Waals surface area contributed by atoms with Crippen LogP contribution >= 0.6 is 0 Å². The van der Waals surface area contributed by atoms with Crippen LogP contribution < -0.4 is 4.74 Å². The van der Waals surface area contributed by atoms with Gasteiger partial charge in [-0.2, -0.15) is 0 Å². The Hall–Kier alpha value is -2.02. The molecule has 1 aromatic heterocycles. The molecule has 0 aromatic carbocycles. The summed E-state index contributed by atoms with van der Waals surface area (Å²) < 4.78 is 10.8. The van der Waals surface area contributed by atoms with Gasteiger partial charge in [0.2, 0.25) is 5.91 Å². The van der Waals surface area contributed by atoms with Crippen LogP contribution in [0, 0.1) is 0 Å². The number of rotatable bonds is 3. The van der Waals surface area contributed by atoms with Crippen molar-refractivity contribution < 1.29 is 18.7 Å². The van der Waals surface area contributed by atoms with Crippen molar-refractivity contribution in [3.63, 3.8) is 0 Å². The summed E-state index contributed by atoms with van der Waals surface area (Å²) in [5, 5.41) is 0. The van der Waals surface area contributed by atoms with Crippen molar-refractivity contribution >= 4 is 11.8 Å². The first kappa shape index (κ1) is 17.8. The summed E-state index contributed by atoms with van der Waals surface area (Å²) >= 11 is 0. The van der Waals surface area contributed by atoms with E-state index in [1.54, 1.807) is 17.0 Å². The van der Waals surface area contributed by atoms with E-state index in [2.05, 4.69) is 11.9 Å². The Kier molecular flexibility index (Phi) is 5.03. The average molecular weight is 349 g/mol. The molecule has 0 radical (unpaired) electrons. The predicted octanol–water partition coefficient (Wildman–Crippen LogP) is 1.45. The number of piperazine rings is 1. The molecule has 3 rings (SSSR count). The molecule has 2 fully saturated rings. The molecule has 7 heteroatoms. The third kappa shape index (κ3) is 3.51. The maximum absolute atomic E-state index is 12.8. The van der Waals surface area contributed by atoms with Crippen LogP contribution in [-0.2, 0) is 4.79 Å². The normalized spacial score (nSPS) is 25.3. The number of likely N-dealkylation sites (tertiary alicyclic amines) is 1. The maximum atomic E-state index is 12.8. The smallest absolute Gasteiger partial charge is 0.289 e. The number of carbonyl (C=O) groups excluding carboxylic acids is 2. The van der Waals surface area contributed by atoms with E-state index in [4.69, 9.17) is 9.15 Å². The first-order valence-corrected chi connectivity index (χ1v) is 8.92. The number of amides is 2. The molecule has 0 unspecified atom stereocenters. The molecule has 138 valence electrons. The van der Waals surface area contributed by atoms with Crippen LogP contribution in [0.15, 0.2) is 16.5 Å². The van der Waals surface area contributed by atoms with Gasteiger partial charge in [-0.15, -0.1) is 0 Å². The van der Waals surface area contributed by atoms with Crippen molar-refractivity contribution in [2.75, 3.05) is 46.9 Å². The lowest BCUT2D eigenvalue weighted by molar-refractivity contribution is -0.129. The topological polar surface area (TPSA) is 66.2 Å². The lowest BCUT2D eigenvalue weighted by atomic mass is 9.86. The van der Waals surface area contributed by atoms with E-state index < -0.39 is 0 Å². The van der Waals surface area contributed by atoms with Gasteiger partial charge in [0.05, 0.1) is 6.61 Å². The first-order chi connectivity index (χ1) is 11.9. The fourth-order valence-electron chi connectivity index (χ4n) is 3.74. The van der Waals surface area contributed by atoms with Crippen LogP contribution in [0.25, 0.3) is 0 Å². The molecule has 2 aliphatic rings. The number of ether oxygens (including phenoxy) is 1. The van der Waals surface area contributed by atoms with E-state index in [-0.39, 0.29) is 17.4 Å². The lowest BCUT2D eigenvalue weighted by Gasteiger charge is -2.49. The van der Waals surface area contributed by atoms with Crippen LogP contribution in [0.4, 0.5) is 0 Å². The standard InChI is InChI=1S/C18H27N3O4/c1-4-24-16-6-5-14(25-16)17(23)21-12-11-20(3)18(13-21)8-7-15(22)19(2)10-9-18/h5-6H,4,7-13H2,1-3H3/t18-/m1/s1. The monoisotopic (exact) mass is 349 g/mol. The van der Waals surface area contributed by atoms with Crippen molar-refractivity contribution in [3.05, 3.63) is 17.9 Å². The van der Waals surface area contributed by atoms with Crippen LogP contribution in [0.3, 0.4) is 0 Å². The van der Waals surface area contributed by atoms with Crippen LogP contribution in [0.2, 0.25) is 0 Å². The number of nitrogens with zero attached hydrogens (tertiary/aromatic N) is 3. The molecule has 1 atom stereocenters. The zero-order valence-electron chi connectivity index (χ0n) is 15.3. The van der Waals surface area contributed by atoms with Crippen molar-refractivity contribution in [1.29, 1.82) is 0 Å². The highest BCUT2D eigenvalue weighted by Gasteiger charge is 2.43. The van der Waals surface area contributed by atoms with E-state index in [1.165, 1.54) is 0 Å². The molecule has 0 aliphatic carbocycles. The molecular weight excluding hydrogens is 322 g/mol. The fourth-order valence-corrected chi connectivity index (χ4v) is 3.74. The predicted molar refractivity (Wildman–Crippen MR) is 92.6 cm³/mol. The van der Waals surface area contributed by atoms with Gasteiger partial charge < -0.3 is 19.0 Å². The van der Waals surface area contributed by atoms with Crippen molar-refractivity contribution in [2.24, 2.45) is 0 Å². The molecule has 2 aliphatic heterocycles. The minimum Gasteiger partial charge on any atom is -0.465 e. The summed E-state index contributed by atoms with van der Waals surface area (Å²) in [6.07, 6.45) is 2.18. The molecule has 2 amide bonds.